The molecule has 2 aromatic rings. The topological polar surface area (TPSA) is 56.1 Å². The molecule has 1 amide bonds. The number of benzene rings is 2. The van der Waals surface area contributed by atoms with E-state index < -0.39 is 0 Å². The molecule has 0 saturated heterocycles. The van der Waals surface area contributed by atoms with Gasteiger partial charge in [0, 0.05) is 18.8 Å². The zero-order chi connectivity index (χ0) is 22.2. The fourth-order valence-corrected chi connectivity index (χ4v) is 4.17. The van der Waals surface area contributed by atoms with Gasteiger partial charge in [-0.2, -0.15) is 5.26 Å². The van der Waals surface area contributed by atoms with Crippen LogP contribution >= 0.6 is 0 Å². The second-order valence-corrected chi connectivity index (χ2v) is 8.54. The lowest BCUT2D eigenvalue weighted by Gasteiger charge is -2.27. The van der Waals surface area contributed by atoms with E-state index in [2.05, 4.69) is 36.5 Å². The van der Waals surface area contributed by atoms with E-state index in [9.17, 15) is 10.1 Å². The number of amides is 1. The SMILES string of the molecule is CCC(N/C=C(/C#N)C(=O)N(Cc1ccccc1)C(C)C)c1ccc2c(c1)CCCC2. The Hall–Kier alpha value is -3.06. The van der Waals surface area contributed by atoms with Crippen LogP contribution in [0.15, 0.2) is 60.3 Å². The number of fused-ring (bicyclic) bond motifs is 1. The molecule has 0 aromatic heterocycles. The van der Waals surface area contributed by atoms with Crippen LogP contribution in [0.1, 0.15) is 68.3 Å². The minimum atomic E-state index is -0.242. The van der Waals surface area contributed by atoms with Gasteiger partial charge in [-0.3, -0.25) is 4.79 Å². The van der Waals surface area contributed by atoms with Crippen LogP contribution in [0.3, 0.4) is 0 Å². The molecule has 0 radical (unpaired) electrons. The summed E-state index contributed by atoms with van der Waals surface area (Å²) in [6, 6.07) is 18.8. The maximum Gasteiger partial charge on any atom is 0.266 e. The lowest BCUT2D eigenvalue weighted by Crippen LogP contribution is -2.37. The molecule has 1 unspecified atom stereocenters. The Morgan fingerprint density at radius 1 is 1.13 bits per heavy atom. The molecule has 3 rings (SSSR count). The van der Waals surface area contributed by atoms with E-state index in [-0.39, 0.29) is 23.6 Å². The summed E-state index contributed by atoms with van der Waals surface area (Å²) >= 11 is 0. The van der Waals surface area contributed by atoms with Crippen molar-refractivity contribution in [1.29, 1.82) is 5.26 Å². The van der Waals surface area contributed by atoms with Crippen molar-refractivity contribution in [2.45, 2.75) is 71.5 Å². The number of nitrogens with zero attached hydrogens (tertiary/aromatic N) is 2. The number of rotatable bonds is 8. The Bertz CT molecular complexity index is 956. The highest BCUT2D eigenvalue weighted by Gasteiger charge is 2.22. The second-order valence-electron chi connectivity index (χ2n) is 8.54. The fourth-order valence-electron chi connectivity index (χ4n) is 4.17. The molecule has 0 saturated carbocycles. The van der Waals surface area contributed by atoms with E-state index in [1.165, 1.54) is 36.0 Å². The van der Waals surface area contributed by atoms with Crippen molar-refractivity contribution in [2.24, 2.45) is 0 Å². The zero-order valence-electron chi connectivity index (χ0n) is 18.9. The summed E-state index contributed by atoms with van der Waals surface area (Å²) in [6.07, 6.45) is 7.31. The van der Waals surface area contributed by atoms with Gasteiger partial charge in [-0.05, 0) is 68.2 Å². The van der Waals surface area contributed by atoms with Crippen molar-refractivity contribution in [1.82, 2.24) is 10.2 Å². The lowest BCUT2D eigenvalue weighted by molar-refractivity contribution is -0.129. The highest BCUT2D eigenvalue weighted by Crippen LogP contribution is 2.26. The molecule has 2 aromatic carbocycles. The lowest BCUT2D eigenvalue weighted by atomic mass is 9.89. The smallest absolute Gasteiger partial charge is 0.266 e. The van der Waals surface area contributed by atoms with Gasteiger partial charge in [0.2, 0.25) is 0 Å². The van der Waals surface area contributed by atoms with Crippen LogP contribution in [0.5, 0.6) is 0 Å². The average Bonchev–Trinajstić information content (AvgIpc) is 2.80. The molecule has 1 aliphatic rings. The molecule has 4 heteroatoms. The summed E-state index contributed by atoms with van der Waals surface area (Å²) in [5.74, 6) is -0.242. The molecule has 0 bridgehead atoms. The van der Waals surface area contributed by atoms with E-state index in [0.29, 0.717) is 6.54 Å². The van der Waals surface area contributed by atoms with Crippen LogP contribution in [0.25, 0.3) is 0 Å². The minimum absolute atomic E-state index is 0.00734. The minimum Gasteiger partial charge on any atom is -0.383 e. The fraction of sp³-hybridized carbons (Fsp3) is 0.407. The van der Waals surface area contributed by atoms with Gasteiger partial charge in [0.05, 0.1) is 6.04 Å². The Morgan fingerprint density at radius 3 is 2.48 bits per heavy atom. The Kier molecular flexibility index (Phi) is 7.89. The average molecular weight is 416 g/mol. The summed E-state index contributed by atoms with van der Waals surface area (Å²) < 4.78 is 0. The van der Waals surface area contributed by atoms with E-state index in [4.69, 9.17) is 0 Å². The summed E-state index contributed by atoms with van der Waals surface area (Å²) in [5, 5.41) is 13.1. The number of nitriles is 1. The number of carbonyl (C=O) groups is 1. The molecule has 162 valence electrons. The molecule has 0 fully saturated rings. The summed E-state index contributed by atoms with van der Waals surface area (Å²) in [6.45, 7) is 6.56. The van der Waals surface area contributed by atoms with Gasteiger partial charge in [0.1, 0.15) is 11.6 Å². The second kappa shape index (κ2) is 10.8. The Balaban J connectivity index is 1.76. The van der Waals surface area contributed by atoms with Crippen molar-refractivity contribution in [2.75, 3.05) is 0 Å². The molecule has 0 spiro atoms. The van der Waals surface area contributed by atoms with Crippen LogP contribution in [0.4, 0.5) is 0 Å². The standard InChI is InChI=1S/C27H33N3O/c1-4-26(24-15-14-22-12-8-9-13-23(22)16-24)29-18-25(17-28)27(31)30(20(2)3)19-21-10-6-5-7-11-21/h5-7,10-11,14-16,18,20,26,29H,4,8-9,12-13,19H2,1-3H3/b25-18-. The first-order chi connectivity index (χ1) is 15.0. The summed E-state index contributed by atoms with van der Waals surface area (Å²) in [5.41, 5.74) is 5.31. The van der Waals surface area contributed by atoms with E-state index in [0.717, 1.165) is 18.4 Å². The predicted octanol–water partition coefficient (Wildman–Crippen LogP) is 5.45. The number of aryl methyl sites for hydroxylation is 2. The first-order valence-corrected chi connectivity index (χ1v) is 11.4. The molecular weight excluding hydrogens is 382 g/mol. The molecule has 1 aliphatic carbocycles. The van der Waals surface area contributed by atoms with Gasteiger partial charge >= 0.3 is 0 Å². The molecule has 1 N–H and O–H groups in total. The first-order valence-electron chi connectivity index (χ1n) is 11.4. The third-order valence-corrected chi connectivity index (χ3v) is 6.04. The predicted molar refractivity (Wildman–Crippen MR) is 125 cm³/mol. The van der Waals surface area contributed by atoms with Crippen molar-refractivity contribution < 1.29 is 4.79 Å². The Labute approximate surface area is 186 Å². The maximum atomic E-state index is 13.1. The highest BCUT2D eigenvalue weighted by atomic mass is 16.2. The van der Waals surface area contributed by atoms with Crippen LogP contribution in [-0.2, 0) is 24.2 Å². The summed E-state index contributed by atoms with van der Waals surface area (Å²) in [7, 11) is 0. The number of hydrogen-bond acceptors (Lipinski definition) is 3. The molecule has 0 heterocycles. The van der Waals surface area contributed by atoms with Crippen LogP contribution < -0.4 is 5.32 Å². The van der Waals surface area contributed by atoms with Gasteiger partial charge in [-0.25, -0.2) is 0 Å². The van der Waals surface area contributed by atoms with Crippen molar-refractivity contribution in [3.63, 3.8) is 0 Å². The van der Waals surface area contributed by atoms with Crippen molar-refractivity contribution in [3.8, 4) is 6.07 Å². The van der Waals surface area contributed by atoms with Crippen LogP contribution in [0.2, 0.25) is 0 Å². The Morgan fingerprint density at radius 2 is 1.84 bits per heavy atom. The van der Waals surface area contributed by atoms with Gasteiger partial charge in [-0.1, -0.05) is 55.5 Å². The van der Waals surface area contributed by atoms with Gasteiger partial charge in [0.15, 0.2) is 0 Å². The number of hydrogen-bond donors (Lipinski definition) is 1. The number of carbonyl (C=O) groups excluding carboxylic acids is 1. The quantitative estimate of drug-likeness (QED) is 0.461. The zero-order valence-corrected chi connectivity index (χ0v) is 18.9. The number of nitrogens with one attached hydrogen (secondary N) is 1. The molecule has 31 heavy (non-hydrogen) atoms. The van der Waals surface area contributed by atoms with Gasteiger partial charge in [0.25, 0.3) is 5.91 Å². The van der Waals surface area contributed by atoms with Crippen LogP contribution in [-0.4, -0.2) is 16.8 Å². The van der Waals surface area contributed by atoms with Crippen LogP contribution in [0, 0.1) is 11.3 Å². The third-order valence-electron chi connectivity index (χ3n) is 6.04. The van der Waals surface area contributed by atoms with E-state index in [1.807, 2.05) is 44.2 Å². The largest absolute Gasteiger partial charge is 0.383 e. The highest BCUT2D eigenvalue weighted by molar-refractivity contribution is 5.97. The van der Waals surface area contributed by atoms with Gasteiger partial charge in [-0.15, -0.1) is 0 Å². The molecule has 0 aliphatic heterocycles. The molecule has 4 nitrogen and oxygen atoms in total. The first kappa shape index (κ1) is 22.6. The summed E-state index contributed by atoms with van der Waals surface area (Å²) in [4.78, 5) is 14.9. The third kappa shape index (κ3) is 5.76. The molecular formula is C27H33N3O. The van der Waals surface area contributed by atoms with E-state index >= 15 is 0 Å². The maximum absolute atomic E-state index is 13.1. The monoisotopic (exact) mass is 415 g/mol. The van der Waals surface area contributed by atoms with Gasteiger partial charge < -0.3 is 10.2 Å². The van der Waals surface area contributed by atoms with E-state index in [1.54, 1.807) is 11.1 Å². The molecule has 1 atom stereocenters. The normalized spacial score (nSPS) is 14.5. The van der Waals surface area contributed by atoms with Crippen molar-refractivity contribution in [3.05, 3.63) is 82.6 Å². The van der Waals surface area contributed by atoms with Crippen molar-refractivity contribution >= 4 is 5.91 Å².